The highest BCUT2D eigenvalue weighted by Gasteiger charge is 2.22. The van der Waals surface area contributed by atoms with Gasteiger partial charge in [0.1, 0.15) is 0 Å². The van der Waals surface area contributed by atoms with Crippen molar-refractivity contribution in [1.82, 2.24) is 14.8 Å². The summed E-state index contributed by atoms with van der Waals surface area (Å²) in [6.45, 7) is 5.56. The molecule has 2 amide bonds. The fourth-order valence-electron chi connectivity index (χ4n) is 4.19. The minimum atomic E-state index is -0.0802. The van der Waals surface area contributed by atoms with Crippen molar-refractivity contribution in [3.63, 3.8) is 0 Å². The van der Waals surface area contributed by atoms with Crippen molar-refractivity contribution in [1.29, 1.82) is 0 Å². The lowest BCUT2D eigenvalue weighted by atomic mass is 10.0. The molecule has 0 unspecified atom stereocenters. The third-order valence-corrected chi connectivity index (χ3v) is 8.97. The van der Waals surface area contributed by atoms with Crippen LogP contribution in [0.3, 0.4) is 0 Å². The predicted molar refractivity (Wildman–Crippen MR) is 143 cm³/mol. The van der Waals surface area contributed by atoms with E-state index in [9.17, 15) is 4.79 Å². The number of hydrogen-bond donors (Lipinski definition) is 1. The van der Waals surface area contributed by atoms with Crippen LogP contribution in [0.15, 0.2) is 59.3 Å². The van der Waals surface area contributed by atoms with E-state index >= 15 is 0 Å². The number of carbonyl (C=O) groups is 1. The average Bonchev–Trinajstić information content (AvgIpc) is 3.64. The van der Waals surface area contributed by atoms with Crippen molar-refractivity contribution in [2.75, 3.05) is 51.3 Å². The number of carbonyl (C=O) groups excluding carboxylic acids is 1. The fourth-order valence-corrected chi connectivity index (χ4v) is 6.88. The number of nitrogens with one attached hydrogen (secondary N) is 1. The van der Waals surface area contributed by atoms with Crippen LogP contribution in [-0.2, 0) is 4.74 Å². The van der Waals surface area contributed by atoms with Gasteiger partial charge in [-0.2, -0.15) is 0 Å². The topological polar surface area (TPSA) is 57.7 Å². The number of thiazole rings is 1. The van der Waals surface area contributed by atoms with Crippen LogP contribution in [0.25, 0.3) is 10.2 Å². The maximum atomic E-state index is 13.4. The molecule has 3 aromatic heterocycles. The molecule has 1 saturated heterocycles. The lowest BCUT2D eigenvalue weighted by molar-refractivity contribution is 0.0351. The van der Waals surface area contributed by atoms with E-state index in [1.165, 1.54) is 21.1 Å². The van der Waals surface area contributed by atoms with Gasteiger partial charge >= 0.3 is 6.03 Å². The number of thiophene rings is 2. The van der Waals surface area contributed by atoms with Gasteiger partial charge < -0.3 is 9.64 Å². The molecule has 0 aliphatic carbocycles. The first kappa shape index (κ1) is 23.4. The second kappa shape index (κ2) is 11.4. The molecule has 0 saturated carbocycles. The summed E-state index contributed by atoms with van der Waals surface area (Å²) < 4.78 is 6.56. The maximum Gasteiger partial charge on any atom is 0.323 e. The number of morpholine rings is 1. The SMILES string of the molecule is O=C(Nc1nc2ccccc2s1)N(CCC(c1cccs1)c1cccs1)CCN1CCOCC1. The fraction of sp³-hybridized carbons (Fsp3) is 0.360. The maximum absolute atomic E-state index is 13.4. The Morgan fingerprint density at radius 3 is 2.44 bits per heavy atom. The van der Waals surface area contributed by atoms with Gasteiger partial charge in [-0.15, -0.1) is 22.7 Å². The van der Waals surface area contributed by atoms with Crippen molar-refractivity contribution in [3.8, 4) is 0 Å². The van der Waals surface area contributed by atoms with Crippen LogP contribution in [0.5, 0.6) is 0 Å². The molecule has 4 aromatic rings. The first-order valence-electron chi connectivity index (χ1n) is 11.5. The number of urea groups is 1. The molecular formula is C25H28N4O2S3. The predicted octanol–water partition coefficient (Wildman–Crippen LogP) is 5.81. The standard InChI is InChI=1S/C25H28N4O2S3/c30-25(27-24-26-20-5-1-2-6-23(20)34-24)29(12-11-28-13-15-31-16-14-28)10-9-19(21-7-3-17-32-21)22-8-4-18-33-22/h1-8,17-19H,9-16H2,(H,26,27,30). The van der Waals surface area contributed by atoms with E-state index in [-0.39, 0.29) is 6.03 Å². The number of fused-ring (bicyclic) bond motifs is 1. The van der Waals surface area contributed by atoms with E-state index in [2.05, 4.69) is 50.2 Å². The summed E-state index contributed by atoms with van der Waals surface area (Å²) in [4.78, 5) is 25.0. The van der Waals surface area contributed by atoms with Gasteiger partial charge in [-0.25, -0.2) is 9.78 Å². The minimum absolute atomic E-state index is 0.0802. The molecular weight excluding hydrogens is 485 g/mol. The summed E-state index contributed by atoms with van der Waals surface area (Å²) in [5.74, 6) is 0.307. The van der Waals surface area contributed by atoms with E-state index in [4.69, 9.17) is 4.74 Å². The highest BCUT2D eigenvalue weighted by atomic mass is 32.1. The van der Waals surface area contributed by atoms with Crippen molar-refractivity contribution in [3.05, 3.63) is 69.0 Å². The Balaban J connectivity index is 1.29. The number of ether oxygens (including phenoxy) is 1. The van der Waals surface area contributed by atoms with E-state index in [0.717, 1.165) is 49.5 Å². The van der Waals surface area contributed by atoms with Crippen LogP contribution in [0.2, 0.25) is 0 Å². The second-order valence-corrected chi connectivity index (χ2v) is 11.2. The van der Waals surface area contributed by atoms with Crippen LogP contribution in [0.4, 0.5) is 9.93 Å². The molecule has 1 aliphatic heterocycles. The van der Waals surface area contributed by atoms with Crippen LogP contribution < -0.4 is 5.32 Å². The molecule has 0 atom stereocenters. The number of anilines is 1. The molecule has 1 fully saturated rings. The van der Waals surface area contributed by atoms with Gasteiger partial charge in [0.15, 0.2) is 5.13 Å². The van der Waals surface area contributed by atoms with Crippen molar-refractivity contribution in [2.24, 2.45) is 0 Å². The summed E-state index contributed by atoms with van der Waals surface area (Å²) in [6, 6.07) is 16.5. The zero-order valence-corrected chi connectivity index (χ0v) is 21.3. The quantitative estimate of drug-likeness (QED) is 0.308. The molecule has 4 heterocycles. The Kier molecular flexibility index (Phi) is 7.87. The normalized spacial score (nSPS) is 14.6. The van der Waals surface area contributed by atoms with Crippen LogP contribution in [-0.4, -0.2) is 66.8 Å². The summed E-state index contributed by atoms with van der Waals surface area (Å²) in [5, 5.41) is 7.98. The Bertz CT molecular complexity index is 1100. The van der Waals surface area contributed by atoms with E-state index in [1.807, 2.05) is 29.2 Å². The van der Waals surface area contributed by atoms with Crippen molar-refractivity contribution < 1.29 is 9.53 Å². The summed E-state index contributed by atoms with van der Waals surface area (Å²) in [7, 11) is 0. The van der Waals surface area contributed by atoms with Gasteiger partial charge in [0.05, 0.1) is 23.4 Å². The zero-order valence-electron chi connectivity index (χ0n) is 18.9. The van der Waals surface area contributed by atoms with Crippen molar-refractivity contribution >= 4 is 55.4 Å². The number of para-hydroxylation sites is 1. The second-order valence-electron chi connectivity index (χ2n) is 8.23. The summed E-state index contributed by atoms with van der Waals surface area (Å²) in [6.07, 6.45) is 0.886. The van der Waals surface area contributed by atoms with Crippen molar-refractivity contribution in [2.45, 2.75) is 12.3 Å². The van der Waals surface area contributed by atoms with Crippen LogP contribution in [0.1, 0.15) is 22.1 Å². The van der Waals surface area contributed by atoms with Gasteiger partial charge in [-0.05, 0) is 41.4 Å². The smallest absolute Gasteiger partial charge is 0.323 e. The van der Waals surface area contributed by atoms with Gasteiger partial charge in [0.2, 0.25) is 0 Å². The molecule has 9 heteroatoms. The molecule has 0 bridgehead atoms. The number of amides is 2. The monoisotopic (exact) mass is 512 g/mol. The van der Waals surface area contributed by atoms with E-state index in [0.29, 0.717) is 24.1 Å². The molecule has 0 spiro atoms. The number of rotatable bonds is 9. The lowest BCUT2D eigenvalue weighted by Crippen LogP contribution is -2.44. The summed E-state index contributed by atoms with van der Waals surface area (Å²) >= 11 is 5.09. The Hall–Kier alpha value is -2.30. The zero-order chi connectivity index (χ0) is 23.2. The highest BCUT2D eigenvalue weighted by molar-refractivity contribution is 7.22. The third kappa shape index (κ3) is 5.84. The molecule has 34 heavy (non-hydrogen) atoms. The van der Waals surface area contributed by atoms with E-state index in [1.54, 1.807) is 22.7 Å². The Morgan fingerprint density at radius 2 is 1.76 bits per heavy atom. The molecule has 6 nitrogen and oxygen atoms in total. The molecule has 178 valence electrons. The molecule has 1 aromatic carbocycles. The molecule has 1 aliphatic rings. The summed E-state index contributed by atoms with van der Waals surface area (Å²) in [5.41, 5.74) is 0.915. The lowest BCUT2D eigenvalue weighted by Gasteiger charge is -2.30. The van der Waals surface area contributed by atoms with Gasteiger partial charge in [-0.1, -0.05) is 35.6 Å². The molecule has 0 radical (unpaired) electrons. The van der Waals surface area contributed by atoms with Crippen LogP contribution >= 0.6 is 34.0 Å². The van der Waals surface area contributed by atoms with Crippen LogP contribution in [0, 0.1) is 0 Å². The molecule has 5 rings (SSSR count). The third-order valence-electron chi connectivity index (χ3n) is 6.05. The largest absolute Gasteiger partial charge is 0.379 e. The highest BCUT2D eigenvalue weighted by Crippen LogP contribution is 2.34. The van der Waals surface area contributed by atoms with Gasteiger partial charge in [0.25, 0.3) is 0 Å². The average molecular weight is 513 g/mol. The molecule has 1 N–H and O–H groups in total. The van der Waals surface area contributed by atoms with Gasteiger partial charge in [-0.3, -0.25) is 10.2 Å². The Labute approximate surface area is 211 Å². The minimum Gasteiger partial charge on any atom is -0.379 e. The number of aromatic nitrogens is 1. The Morgan fingerprint density at radius 1 is 1.03 bits per heavy atom. The number of benzene rings is 1. The number of hydrogen-bond acceptors (Lipinski definition) is 7. The first-order chi connectivity index (χ1) is 16.8. The first-order valence-corrected chi connectivity index (χ1v) is 14.1. The van der Waals surface area contributed by atoms with E-state index < -0.39 is 0 Å². The van der Waals surface area contributed by atoms with Gasteiger partial charge in [0, 0.05) is 48.4 Å². The number of nitrogens with zero attached hydrogens (tertiary/aromatic N) is 3.